The molecule has 0 atom stereocenters. The van der Waals surface area contributed by atoms with Crippen LogP contribution in [0.1, 0.15) is 53.3 Å². The van der Waals surface area contributed by atoms with Gasteiger partial charge in [-0.25, -0.2) is 34.7 Å². The molecule has 0 aromatic carbocycles. The molecule has 0 unspecified atom stereocenters. The number of nitrogens with two attached hydrogens (primary N) is 4. The Bertz CT molecular complexity index is 3450. The number of anilines is 3. The van der Waals surface area contributed by atoms with Crippen LogP contribution in [-0.4, -0.2) is 100 Å². The maximum atomic E-state index is 11.0. The minimum atomic E-state index is -1.41. The molecule has 0 saturated carbocycles. The van der Waals surface area contributed by atoms with Gasteiger partial charge in [0.25, 0.3) is 11.8 Å². The summed E-state index contributed by atoms with van der Waals surface area (Å²) >= 11 is 20.5. The first-order chi connectivity index (χ1) is 39.3. The van der Waals surface area contributed by atoms with Gasteiger partial charge in [0.05, 0.1) is 29.5 Å². The van der Waals surface area contributed by atoms with E-state index in [0.29, 0.717) is 22.5 Å². The number of amides is 2. The van der Waals surface area contributed by atoms with Crippen LogP contribution in [0.15, 0.2) is 96.7 Å². The smallest absolute Gasteiger partial charge is 0.342 e. The van der Waals surface area contributed by atoms with E-state index in [0.717, 1.165) is 37.0 Å². The SMILES string of the molecule is Cc1cc[nH]c(=O)c1[N+](=O)[O-].Cc1ccnc(Cl)c1[N+](=O)[O-].Cc1ccnc(N)c1.Cc1ccnc(N)c1[N+](=O)[O-].II.NC(=O)c1ccnc(Cl)c1[N+](=O)[O-].NC(=O)c1ccnc(N2CC2)c1[N+](=O)[O-].O=C(O)c1ccnc(Cl)c1[N+](=O)[O-]. The van der Waals surface area contributed by atoms with E-state index < -0.39 is 75.0 Å². The molecule has 0 radical (unpaired) electrons. The van der Waals surface area contributed by atoms with E-state index in [9.17, 15) is 79.9 Å². The van der Waals surface area contributed by atoms with Gasteiger partial charge in [0, 0.05) is 110 Å². The second-order valence-electron chi connectivity index (χ2n) is 15.3. The fourth-order valence-corrected chi connectivity index (χ4v) is 6.52. The summed E-state index contributed by atoms with van der Waals surface area (Å²) in [6, 6.07) is 11.8. The summed E-state index contributed by atoms with van der Waals surface area (Å²) in [5.41, 5.74) is 19.5. The van der Waals surface area contributed by atoms with E-state index in [2.05, 4.69) is 72.1 Å². The number of nitrogens with zero attached hydrogens (tertiary/aromatic N) is 13. The number of aromatic nitrogens is 7. The number of halogens is 5. The van der Waals surface area contributed by atoms with Crippen LogP contribution in [0.2, 0.25) is 15.5 Å². The largest absolute Gasteiger partial charge is 0.477 e. The molecule has 2 amide bonds. The van der Waals surface area contributed by atoms with Crippen molar-refractivity contribution in [3.63, 3.8) is 0 Å². The second-order valence-corrected chi connectivity index (χ2v) is 16.4. The van der Waals surface area contributed by atoms with Crippen molar-refractivity contribution >= 4 is 141 Å². The zero-order valence-corrected chi connectivity index (χ0v) is 49.6. The molecule has 8 heterocycles. The van der Waals surface area contributed by atoms with Gasteiger partial charge >= 0.3 is 45.7 Å². The number of rotatable bonds is 10. The highest BCUT2D eigenvalue weighted by Gasteiger charge is 2.32. The van der Waals surface area contributed by atoms with Gasteiger partial charge in [-0.15, -0.1) is 0 Å². The maximum absolute atomic E-state index is 11.0. The van der Waals surface area contributed by atoms with Gasteiger partial charge in [-0.3, -0.25) is 75.1 Å². The number of carbonyl (C=O) groups is 3. The zero-order valence-electron chi connectivity index (χ0n) is 43.1. The third-order valence-corrected chi connectivity index (χ3v) is 10.4. The number of carboxylic acids is 1. The summed E-state index contributed by atoms with van der Waals surface area (Å²) in [7, 11) is 0. The van der Waals surface area contributed by atoms with Crippen molar-refractivity contribution < 1.29 is 49.0 Å². The minimum absolute atomic E-state index is 0.0324. The number of nitro groups is 6. The number of aromatic carboxylic acids is 1. The molecular weight excluding hydrogens is 1410 g/mol. The number of carbonyl (C=O) groups excluding carboxylic acids is 2. The molecular formula is C44H41Cl3I2N18O17. The molecule has 1 saturated heterocycles. The molecule has 84 heavy (non-hydrogen) atoms. The van der Waals surface area contributed by atoms with Crippen LogP contribution in [0.25, 0.3) is 0 Å². The lowest BCUT2D eigenvalue weighted by molar-refractivity contribution is -0.386. The van der Waals surface area contributed by atoms with Crippen LogP contribution in [0.3, 0.4) is 0 Å². The van der Waals surface area contributed by atoms with Gasteiger partial charge in [0.15, 0.2) is 0 Å². The Hall–Kier alpha value is -9.61. The molecule has 1 fully saturated rings. The standard InChI is InChI=1S/C8H8N4O3.C6H4ClN3O3.C6H3ClN2O4.C6H5ClN2O2.C6H7N3O2.C6H6N2O3.C6H8N2.I2/c9-7(13)5-1-2-10-8(11-3-4-11)6(5)12(14)15;7-5-4(10(12)13)3(6(8)11)1-2-9-5;7-5-4(9(12)13)3(6(10)11)1-2-8-5;2*1-4-2-3-8-6(7)5(4)9(10)11;1-4-2-3-7-6(9)5(4)8(10)11;1-5-2-3-8-6(7)4-5;1-2/h1-2H,3-4H2,(H2,9,13);1-2H,(H2,8,11);1-2H,(H,10,11);2-3H,1H3;2-3H,1H3,(H2,7,8);2-3H,1H3,(H,7,9);2-4H,1H3,(H2,7,8);. The lowest BCUT2D eigenvalue weighted by atomic mass is 10.2. The van der Waals surface area contributed by atoms with E-state index in [1.54, 1.807) is 37.1 Å². The zero-order chi connectivity index (χ0) is 64.3. The van der Waals surface area contributed by atoms with E-state index in [1.807, 2.05) is 19.1 Å². The number of aromatic amines is 1. The number of hydrogen-bond donors (Lipinski definition) is 6. The van der Waals surface area contributed by atoms with Crippen molar-refractivity contribution in [2.45, 2.75) is 27.7 Å². The Morgan fingerprint density at radius 2 is 0.905 bits per heavy atom. The van der Waals surface area contributed by atoms with Gasteiger partial charge in [-0.2, -0.15) is 0 Å². The molecule has 10 N–H and O–H groups in total. The quantitative estimate of drug-likeness (QED) is 0.0247. The number of H-pyrrole nitrogens is 1. The number of nitrogen functional groups attached to an aromatic ring is 2. The molecule has 444 valence electrons. The molecule has 7 aromatic heterocycles. The van der Waals surface area contributed by atoms with Gasteiger partial charge in [0.2, 0.25) is 27.1 Å². The van der Waals surface area contributed by atoms with Crippen LogP contribution in [0, 0.1) is 88.4 Å². The van der Waals surface area contributed by atoms with Crippen LogP contribution in [0.4, 0.5) is 51.6 Å². The topological polar surface area (TPSA) is 548 Å². The lowest BCUT2D eigenvalue weighted by Crippen LogP contribution is -2.15. The molecule has 0 bridgehead atoms. The normalized spacial score (nSPS) is 10.1. The van der Waals surface area contributed by atoms with Crippen molar-refractivity contribution in [3.05, 3.63) is 217 Å². The Labute approximate surface area is 508 Å². The lowest BCUT2D eigenvalue weighted by Gasteiger charge is -2.04. The molecule has 0 aliphatic carbocycles. The van der Waals surface area contributed by atoms with Crippen molar-refractivity contribution in [1.82, 2.24) is 34.9 Å². The molecule has 1 aliphatic rings. The average molecular weight is 1450 g/mol. The Morgan fingerprint density at radius 3 is 1.21 bits per heavy atom. The molecule has 35 nitrogen and oxygen atoms in total. The number of aryl methyl sites for hydroxylation is 4. The van der Waals surface area contributed by atoms with Crippen LogP contribution in [0.5, 0.6) is 0 Å². The predicted molar refractivity (Wildman–Crippen MR) is 319 cm³/mol. The van der Waals surface area contributed by atoms with Crippen LogP contribution in [-0.2, 0) is 0 Å². The molecule has 0 spiro atoms. The van der Waals surface area contributed by atoms with E-state index >= 15 is 0 Å². The number of primary amides is 2. The Kier molecular flexibility index (Phi) is 30.4. The number of carboxylic acid groups (broad SMARTS) is 1. The van der Waals surface area contributed by atoms with Gasteiger partial charge in [0.1, 0.15) is 22.5 Å². The third kappa shape index (κ3) is 22.7. The van der Waals surface area contributed by atoms with Crippen molar-refractivity contribution in [2.75, 3.05) is 29.5 Å². The van der Waals surface area contributed by atoms with Crippen LogP contribution >= 0.6 is 72.0 Å². The first-order valence-corrected chi connectivity index (χ1v) is 29.3. The van der Waals surface area contributed by atoms with E-state index in [-0.39, 0.29) is 55.8 Å². The Balaban J connectivity index is 0.000000490. The third-order valence-electron chi connectivity index (χ3n) is 9.58. The van der Waals surface area contributed by atoms with E-state index in [1.165, 1.54) is 50.0 Å². The summed E-state index contributed by atoms with van der Waals surface area (Å²) in [6.07, 6.45) is 9.58. The summed E-state index contributed by atoms with van der Waals surface area (Å²) < 4.78 is 0. The van der Waals surface area contributed by atoms with Gasteiger partial charge in [-0.05, 0) is 81.8 Å². The highest BCUT2D eigenvalue weighted by molar-refractivity contribution is 15.0. The second kappa shape index (κ2) is 35.3. The molecule has 1 aliphatic heterocycles. The van der Waals surface area contributed by atoms with Crippen molar-refractivity contribution in [1.29, 1.82) is 0 Å². The monoisotopic (exact) mass is 1450 g/mol. The molecule has 40 heteroatoms. The summed E-state index contributed by atoms with van der Waals surface area (Å²) in [6.45, 7) is 8.18. The predicted octanol–water partition coefficient (Wildman–Crippen LogP) is 8.16. The summed E-state index contributed by atoms with van der Waals surface area (Å²) in [4.78, 5) is 127. The van der Waals surface area contributed by atoms with Crippen molar-refractivity contribution in [2.24, 2.45) is 11.5 Å². The summed E-state index contributed by atoms with van der Waals surface area (Å²) in [5.74, 6) is -2.35. The molecule has 7 aromatic rings. The first-order valence-electron chi connectivity index (χ1n) is 21.9. The van der Waals surface area contributed by atoms with Crippen LogP contribution < -0.4 is 33.4 Å². The highest BCUT2D eigenvalue weighted by atomic mass is 128. The van der Waals surface area contributed by atoms with Gasteiger partial charge < -0.3 is 37.9 Å². The van der Waals surface area contributed by atoms with Gasteiger partial charge in [-0.1, -0.05) is 34.8 Å². The Morgan fingerprint density at radius 1 is 0.536 bits per heavy atom. The average Bonchev–Trinajstić information content (AvgIpc) is 4.35. The molecule has 8 rings (SSSR count). The first kappa shape index (κ1) is 72.4. The number of nitrogens with one attached hydrogen (secondary N) is 1. The number of pyridine rings is 7. The van der Waals surface area contributed by atoms with E-state index in [4.69, 9.17) is 62.8 Å². The summed E-state index contributed by atoms with van der Waals surface area (Å²) in [5, 5.41) is 70.2. The minimum Gasteiger partial charge on any atom is -0.477 e. The fourth-order valence-electron chi connectivity index (χ4n) is 5.79. The van der Waals surface area contributed by atoms with Crippen molar-refractivity contribution in [3.8, 4) is 0 Å². The highest BCUT2D eigenvalue weighted by Crippen LogP contribution is 2.33. The fraction of sp³-hybridized carbons (Fsp3) is 0.136. The number of hydrogen-bond acceptors (Lipinski definition) is 25. The maximum Gasteiger partial charge on any atom is 0.342 e.